The molecular weight excluding hydrogens is 226 g/mol. The average Bonchev–Trinajstić information content (AvgIpc) is 2.91. The summed E-state index contributed by atoms with van der Waals surface area (Å²) < 4.78 is 28.3. The quantitative estimate of drug-likeness (QED) is 0.730. The lowest BCUT2D eigenvalue weighted by molar-refractivity contribution is 0.412. The highest BCUT2D eigenvalue weighted by Gasteiger charge is 2.30. The second kappa shape index (κ2) is 5.00. The van der Waals surface area contributed by atoms with Gasteiger partial charge in [-0.15, -0.1) is 0 Å². The molecular formula is C10H21N3O2S. The molecule has 0 amide bonds. The molecule has 0 aliphatic carbocycles. The van der Waals surface area contributed by atoms with Crippen LogP contribution in [-0.4, -0.2) is 44.9 Å². The van der Waals surface area contributed by atoms with E-state index in [-0.39, 0.29) is 6.04 Å². The van der Waals surface area contributed by atoms with Crippen molar-refractivity contribution in [2.45, 2.75) is 32.2 Å². The third-order valence-electron chi connectivity index (χ3n) is 3.55. The number of nitrogens with one attached hydrogen (secondary N) is 2. The molecule has 0 aromatic carbocycles. The van der Waals surface area contributed by atoms with Crippen molar-refractivity contribution >= 4 is 10.2 Å². The van der Waals surface area contributed by atoms with Crippen molar-refractivity contribution in [1.82, 2.24) is 14.3 Å². The molecule has 2 heterocycles. The highest BCUT2D eigenvalue weighted by molar-refractivity contribution is 7.87. The van der Waals surface area contributed by atoms with E-state index < -0.39 is 10.2 Å². The first kappa shape index (κ1) is 12.3. The molecule has 2 atom stereocenters. The largest absolute Gasteiger partial charge is 0.316 e. The van der Waals surface area contributed by atoms with Crippen molar-refractivity contribution in [3.63, 3.8) is 0 Å². The number of nitrogens with zero attached hydrogens (tertiary/aromatic N) is 1. The van der Waals surface area contributed by atoms with Gasteiger partial charge in [0.2, 0.25) is 0 Å². The Hall–Kier alpha value is -0.170. The molecule has 6 heteroatoms. The first-order chi connectivity index (χ1) is 7.59. The molecule has 2 N–H and O–H groups in total. The van der Waals surface area contributed by atoms with E-state index in [4.69, 9.17) is 0 Å². The summed E-state index contributed by atoms with van der Waals surface area (Å²) in [6.45, 7) is 5.23. The van der Waals surface area contributed by atoms with Gasteiger partial charge >= 0.3 is 0 Å². The second-order valence-electron chi connectivity index (χ2n) is 4.77. The molecule has 0 spiro atoms. The van der Waals surface area contributed by atoms with Crippen molar-refractivity contribution < 1.29 is 8.42 Å². The van der Waals surface area contributed by atoms with E-state index in [0.29, 0.717) is 19.0 Å². The highest BCUT2D eigenvalue weighted by Crippen LogP contribution is 2.16. The van der Waals surface area contributed by atoms with E-state index >= 15 is 0 Å². The van der Waals surface area contributed by atoms with Gasteiger partial charge in [0, 0.05) is 19.1 Å². The molecule has 0 aromatic rings. The zero-order valence-electron chi connectivity index (χ0n) is 9.78. The van der Waals surface area contributed by atoms with Gasteiger partial charge in [-0.3, -0.25) is 0 Å². The average molecular weight is 247 g/mol. The van der Waals surface area contributed by atoms with E-state index in [9.17, 15) is 8.42 Å². The maximum atomic E-state index is 12.0. The third kappa shape index (κ3) is 2.74. The topological polar surface area (TPSA) is 61.4 Å². The first-order valence-electron chi connectivity index (χ1n) is 6.08. The molecule has 0 radical (unpaired) electrons. The van der Waals surface area contributed by atoms with E-state index in [1.54, 1.807) is 4.31 Å². The van der Waals surface area contributed by atoms with Gasteiger partial charge < -0.3 is 5.32 Å². The normalized spacial score (nSPS) is 29.7. The molecule has 2 aliphatic rings. The lowest BCUT2D eigenvalue weighted by atomic mass is 10.0. The molecule has 0 aromatic heterocycles. The van der Waals surface area contributed by atoms with E-state index in [0.717, 1.165) is 32.4 Å². The van der Waals surface area contributed by atoms with Crippen LogP contribution in [0.4, 0.5) is 0 Å². The SMILES string of the molecule is CC(NS(=O)(=O)N1CCCC1)C1CCNC1. The zero-order chi connectivity index (χ0) is 11.6. The maximum Gasteiger partial charge on any atom is 0.279 e. The Bertz CT molecular complexity index is 319. The van der Waals surface area contributed by atoms with E-state index in [2.05, 4.69) is 10.0 Å². The van der Waals surface area contributed by atoms with Crippen molar-refractivity contribution in [2.24, 2.45) is 5.92 Å². The molecule has 0 saturated carbocycles. The highest BCUT2D eigenvalue weighted by atomic mass is 32.2. The smallest absolute Gasteiger partial charge is 0.279 e. The molecule has 2 unspecified atom stereocenters. The van der Waals surface area contributed by atoms with Crippen LogP contribution >= 0.6 is 0 Å². The summed E-state index contributed by atoms with van der Waals surface area (Å²) in [5.74, 6) is 0.428. The molecule has 0 bridgehead atoms. The van der Waals surface area contributed by atoms with Crippen molar-refractivity contribution in [1.29, 1.82) is 0 Å². The monoisotopic (exact) mass is 247 g/mol. The second-order valence-corrected chi connectivity index (χ2v) is 6.47. The van der Waals surface area contributed by atoms with Gasteiger partial charge in [0.15, 0.2) is 0 Å². The van der Waals surface area contributed by atoms with Crippen molar-refractivity contribution in [3.8, 4) is 0 Å². The van der Waals surface area contributed by atoms with Gasteiger partial charge in [-0.05, 0) is 45.2 Å². The Morgan fingerprint density at radius 3 is 2.62 bits per heavy atom. The minimum absolute atomic E-state index is 0.0283. The van der Waals surface area contributed by atoms with Crippen LogP contribution < -0.4 is 10.0 Å². The minimum atomic E-state index is -3.24. The molecule has 2 fully saturated rings. The van der Waals surface area contributed by atoms with Crippen LogP contribution in [0.3, 0.4) is 0 Å². The fourth-order valence-corrected chi connectivity index (χ4v) is 3.99. The molecule has 2 rings (SSSR count). The zero-order valence-corrected chi connectivity index (χ0v) is 10.6. The van der Waals surface area contributed by atoms with Gasteiger partial charge in [-0.1, -0.05) is 0 Å². The Labute approximate surface area is 97.8 Å². The Morgan fingerprint density at radius 1 is 1.38 bits per heavy atom. The molecule has 2 saturated heterocycles. The summed E-state index contributed by atoms with van der Waals surface area (Å²) >= 11 is 0. The van der Waals surface area contributed by atoms with Crippen LogP contribution in [-0.2, 0) is 10.2 Å². The summed E-state index contributed by atoms with van der Waals surface area (Å²) in [4.78, 5) is 0. The van der Waals surface area contributed by atoms with Crippen LogP contribution in [0.2, 0.25) is 0 Å². The van der Waals surface area contributed by atoms with Crippen LogP contribution in [0.5, 0.6) is 0 Å². The van der Waals surface area contributed by atoms with Crippen LogP contribution in [0, 0.1) is 5.92 Å². The molecule has 5 nitrogen and oxygen atoms in total. The van der Waals surface area contributed by atoms with E-state index in [1.807, 2.05) is 6.92 Å². The van der Waals surface area contributed by atoms with Gasteiger partial charge in [0.25, 0.3) is 10.2 Å². The fraction of sp³-hybridized carbons (Fsp3) is 1.00. The fourth-order valence-electron chi connectivity index (χ4n) is 2.44. The summed E-state index contributed by atoms with van der Waals surface area (Å²) in [6, 6.07) is 0.0283. The maximum absolute atomic E-state index is 12.0. The van der Waals surface area contributed by atoms with Crippen LogP contribution in [0.15, 0.2) is 0 Å². The third-order valence-corrected chi connectivity index (χ3v) is 5.26. The van der Waals surface area contributed by atoms with Gasteiger partial charge in [0.05, 0.1) is 0 Å². The van der Waals surface area contributed by atoms with Gasteiger partial charge in [-0.25, -0.2) is 0 Å². The Balaban J connectivity index is 1.91. The van der Waals surface area contributed by atoms with Crippen molar-refractivity contribution in [2.75, 3.05) is 26.2 Å². The van der Waals surface area contributed by atoms with Crippen molar-refractivity contribution in [3.05, 3.63) is 0 Å². The van der Waals surface area contributed by atoms with E-state index in [1.165, 1.54) is 0 Å². The predicted molar refractivity (Wildman–Crippen MR) is 63.3 cm³/mol. The van der Waals surface area contributed by atoms with Crippen LogP contribution in [0.25, 0.3) is 0 Å². The summed E-state index contributed by atoms with van der Waals surface area (Å²) in [5.41, 5.74) is 0. The number of hydrogen-bond donors (Lipinski definition) is 2. The lowest BCUT2D eigenvalue weighted by Gasteiger charge is -2.23. The molecule has 16 heavy (non-hydrogen) atoms. The number of hydrogen-bond acceptors (Lipinski definition) is 3. The van der Waals surface area contributed by atoms with Gasteiger partial charge in [0.1, 0.15) is 0 Å². The summed E-state index contributed by atoms with van der Waals surface area (Å²) in [7, 11) is -3.24. The lowest BCUT2D eigenvalue weighted by Crippen LogP contribution is -2.46. The number of rotatable bonds is 4. The summed E-state index contributed by atoms with van der Waals surface area (Å²) in [6.07, 6.45) is 3.03. The molecule has 94 valence electrons. The Morgan fingerprint density at radius 2 is 2.06 bits per heavy atom. The van der Waals surface area contributed by atoms with Crippen LogP contribution in [0.1, 0.15) is 26.2 Å². The minimum Gasteiger partial charge on any atom is -0.316 e. The molecule has 2 aliphatic heterocycles. The first-order valence-corrected chi connectivity index (χ1v) is 7.52. The van der Waals surface area contributed by atoms with Gasteiger partial charge in [-0.2, -0.15) is 17.4 Å². The Kier molecular flexibility index (Phi) is 3.84. The standard InChI is InChI=1S/C10H21N3O2S/c1-9(10-4-5-11-8-10)12-16(14,15)13-6-2-3-7-13/h9-12H,2-8H2,1H3. The summed E-state index contributed by atoms with van der Waals surface area (Å²) in [5, 5.41) is 3.26. The predicted octanol–water partition coefficient (Wildman–Crippen LogP) is -0.0854.